The van der Waals surface area contributed by atoms with Gasteiger partial charge in [0.1, 0.15) is 0 Å². The topological polar surface area (TPSA) is 61.8 Å². The van der Waals surface area contributed by atoms with Gasteiger partial charge in [-0.2, -0.15) is 5.26 Å². The maximum absolute atomic E-state index is 8.81. The molecule has 1 rings (SSSR count). The lowest BCUT2D eigenvalue weighted by Crippen LogP contribution is -2.27. The first kappa shape index (κ1) is 12.0. The molecule has 1 atom stereocenters. The van der Waals surface area contributed by atoms with E-state index in [0.29, 0.717) is 12.1 Å². The van der Waals surface area contributed by atoms with E-state index in [1.54, 1.807) is 6.07 Å². The van der Waals surface area contributed by atoms with E-state index >= 15 is 0 Å². The molecule has 0 heterocycles. The maximum atomic E-state index is 8.81. The number of anilines is 1. The van der Waals surface area contributed by atoms with Crippen molar-refractivity contribution in [3.8, 4) is 6.07 Å². The molecule has 1 unspecified atom stereocenters. The molecule has 0 spiro atoms. The fourth-order valence-electron chi connectivity index (χ4n) is 1.30. The van der Waals surface area contributed by atoms with Crippen LogP contribution in [0.5, 0.6) is 0 Å². The van der Waals surface area contributed by atoms with Gasteiger partial charge < -0.3 is 11.1 Å². The molecular weight excluding hydrogens is 254 g/mol. The zero-order valence-electron chi connectivity index (χ0n) is 8.63. The van der Waals surface area contributed by atoms with Gasteiger partial charge in [-0.1, -0.05) is 22.9 Å². The van der Waals surface area contributed by atoms with E-state index in [0.717, 1.165) is 16.6 Å². The summed E-state index contributed by atoms with van der Waals surface area (Å²) in [5, 5.41) is 12.1. The summed E-state index contributed by atoms with van der Waals surface area (Å²) in [6, 6.07) is 7.92. The third kappa shape index (κ3) is 3.54. The van der Waals surface area contributed by atoms with Crippen LogP contribution in [0, 0.1) is 11.3 Å². The van der Waals surface area contributed by atoms with E-state index in [9.17, 15) is 0 Å². The lowest BCUT2D eigenvalue weighted by Gasteiger charge is -2.16. The zero-order chi connectivity index (χ0) is 11.3. The van der Waals surface area contributed by atoms with Crippen LogP contribution in [0.4, 0.5) is 5.69 Å². The van der Waals surface area contributed by atoms with Crippen LogP contribution in [0.1, 0.15) is 18.9 Å². The van der Waals surface area contributed by atoms with Gasteiger partial charge in [-0.15, -0.1) is 0 Å². The van der Waals surface area contributed by atoms with Crippen molar-refractivity contribution in [2.45, 2.75) is 19.4 Å². The lowest BCUT2D eigenvalue weighted by atomic mass is 10.2. The molecule has 15 heavy (non-hydrogen) atoms. The summed E-state index contributed by atoms with van der Waals surface area (Å²) in [5.41, 5.74) is 7.17. The molecule has 1 aromatic rings. The number of nitrogens with zero attached hydrogens (tertiary/aromatic N) is 1. The number of nitriles is 1. The van der Waals surface area contributed by atoms with Crippen LogP contribution < -0.4 is 11.1 Å². The van der Waals surface area contributed by atoms with Crippen molar-refractivity contribution in [2.24, 2.45) is 5.73 Å². The molecule has 4 heteroatoms. The number of hydrogen-bond acceptors (Lipinski definition) is 3. The highest BCUT2D eigenvalue weighted by molar-refractivity contribution is 9.10. The zero-order valence-corrected chi connectivity index (χ0v) is 10.2. The van der Waals surface area contributed by atoms with Gasteiger partial charge in [-0.3, -0.25) is 0 Å². The molecule has 0 aromatic heterocycles. The van der Waals surface area contributed by atoms with E-state index in [1.807, 2.05) is 12.1 Å². The molecule has 0 fully saturated rings. The predicted molar refractivity (Wildman–Crippen MR) is 65.6 cm³/mol. The van der Waals surface area contributed by atoms with Crippen LogP contribution in [0.15, 0.2) is 22.7 Å². The molecule has 0 amide bonds. The number of halogens is 1. The van der Waals surface area contributed by atoms with Gasteiger partial charge in [0.2, 0.25) is 0 Å². The summed E-state index contributed by atoms with van der Waals surface area (Å²) < 4.78 is 0.899. The van der Waals surface area contributed by atoms with Gasteiger partial charge in [0, 0.05) is 22.7 Å². The third-order valence-electron chi connectivity index (χ3n) is 2.17. The Hall–Kier alpha value is -1.05. The molecule has 0 aliphatic rings. The Morgan fingerprint density at radius 1 is 1.53 bits per heavy atom. The number of benzene rings is 1. The van der Waals surface area contributed by atoms with Crippen molar-refractivity contribution in [3.05, 3.63) is 28.2 Å². The molecule has 0 aliphatic carbocycles. The summed E-state index contributed by atoms with van der Waals surface area (Å²) in [7, 11) is 0. The highest BCUT2D eigenvalue weighted by Crippen LogP contribution is 2.20. The Balaban J connectivity index is 2.85. The van der Waals surface area contributed by atoms with E-state index < -0.39 is 0 Å². The first-order chi connectivity index (χ1) is 7.19. The minimum Gasteiger partial charge on any atom is -0.381 e. The van der Waals surface area contributed by atoms with Crippen molar-refractivity contribution in [3.63, 3.8) is 0 Å². The molecule has 1 aromatic carbocycles. The average molecular weight is 268 g/mol. The number of hydrogen-bond donors (Lipinski definition) is 2. The normalized spacial score (nSPS) is 11.9. The smallest absolute Gasteiger partial charge is 0.0992 e. The standard InChI is InChI=1S/C11H14BrN3/c1-2-10(7-14)15-11-4-8(6-13)3-9(12)5-11/h3-5,10,15H,2,7,14H2,1H3. The SMILES string of the molecule is CCC(CN)Nc1cc(Br)cc(C#N)c1. The quantitative estimate of drug-likeness (QED) is 0.881. The van der Waals surface area contributed by atoms with Crippen LogP contribution in [0.3, 0.4) is 0 Å². The average Bonchev–Trinajstić information content (AvgIpc) is 2.25. The van der Waals surface area contributed by atoms with Crippen LogP contribution in [-0.2, 0) is 0 Å². The second-order valence-corrected chi connectivity index (χ2v) is 4.24. The fourth-order valence-corrected chi connectivity index (χ4v) is 1.79. The molecule has 3 N–H and O–H groups in total. The largest absolute Gasteiger partial charge is 0.381 e. The summed E-state index contributed by atoms with van der Waals surface area (Å²) in [5.74, 6) is 0. The number of nitrogens with one attached hydrogen (secondary N) is 1. The van der Waals surface area contributed by atoms with E-state index in [1.165, 1.54) is 0 Å². The van der Waals surface area contributed by atoms with Gasteiger partial charge in [0.25, 0.3) is 0 Å². The van der Waals surface area contributed by atoms with Crippen molar-refractivity contribution in [1.82, 2.24) is 0 Å². The minimum atomic E-state index is 0.255. The second-order valence-electron chi connectivity index (χ2n) is 3.33. The molecule has 0 saturated heterocycles. The number of rotatable bonds is 4. The fraction of sp³-hybridized carbons (Fsp3) is 0.364. The molecule has 3 nitrogen and oxygen atoms in total. The Kier molecular flexibility index (Phi) is 4.60. The number of nitrogens with two attached hydrogens (primary N) is 1. The first-order valence-corrected chi connectivity index (χ1v) is 5.66. The predicted octanol–water partition coefficient (Wildman–Crippen LogP) is 2.47. The van der Waals surface area contributed by atoms with E-state index in [4.69, 9.17) is 11.0 Å². The Bertz CT molecular complexity index is 367. The molecule has 80 valence electrons. The van der Waals surface area contributed by atoms with Gasteiger partial charge in [-0.25, -0.2) is 0 Å². The summed E-state index contributed by atoms with van der Waals surface area (Å²) in [6.45, 7) is 2.67. The van der Waals surface area contributed by atoms with Gasteiger partial charge >= 0.3 is 0 Å². The second kappa shape index (κ2) is 5.74. The Labute approximate surface area is 98.4 Å². The summed E-state index contributed by atoms with van der Waals surface area (Å²) in [4.78, 5) is 0. The maximum Gasteiger partial charge on any atom is 0.0992 e. The molecule has 0 saturated carbocycles. The van der Waals surface area contributed by atoms with Crippen LogP contribution in [0.25, 0.3) is 0 Å². The van der Waals surface area contributed by atoms with Crippen molar-refractivity contribution >= 4 is 21.6 Å². The molecule has 0 aliphatic heterocycles. The van der Waals surface area contributed by atoms with E-state index in [2.05, 4.69) is 34.2 Å². The van der Waals surface area contributed by atoms with Gasteiger partial charge in [0.05, 0.1) is 11.6 Å². The van der Waals surface area contributed by atoms with Gasteiger partial charge in [0.15, 0.2) is 0 Å². The lowest BCUT2D eigenvalue weighted by molar-refractivity contribution is 0.703. The molecule has 0 bridgehead atoms. The molecular formula is C11H14BrN3. The molecule has 0 radical (unpaired) electrons. The Morgan fingerprint density at radius 3 is 2.80 bits per heavy atom. The Morgan fingerprint density at radius 2 is 2.27 bits per heavy atom. The third-order valence-corrected chi connectivity index (χ3v) is 2.63. The highest BCUT2D eigenvalue weighted by Gasteiger charge is 2.04. The van der Waals surface area contributed by atoms with Crippen molar-refractivity contribution < 1.29 is 0 Å². The monoisotopic (exact) mass is 267 g/mol. The summed E-state index contributed by atoms with van der Waals surface area (Å²) >= 11 is 3.37. The summed E-state index contributed by atoms with van der Waals surface area (Å²) in [6.07, 6.45) is 0.963. The first-order valence-electron chi connectivity index (χ1n) is 4.87. The minimum absolute atomic E-state index is 0.255. The van der Waals surface area contributed by atoms with Crippen LogP contribution in [-0.4, -0.2) is 12.6 Å². The van der Waals surface area contributed by atoms with Crippen molar-refractivity contribution in [1.29, 1.82) is 5.26 Å². The van der Waals surface area contributed by atoms with Crippen LogP contribution in [0.2, 0.25) is 0 Å². The van der Waals surface area contributed by atoms with Crippen molar-refractivity contribution in [2.75, 3.05) is 11.9 Å². The highest BCUT2D eigenvalue weighted by atomic mass is 79.9. The van der Waals surface area contributed by atoms with E-state index in [-0.39, 0.29) is 6.04 Å². The van der Waals surface area contributed by atoms with Gasteiger partial charge in [-0.05, 0) is 24.6 Å². The van der Waals surface area contributed by atoms with Crippen LogP contribution >= 0.6 is 15.9 Å².